The second-order valence-corrected chi connectivity index (χ2v) is 2.65. The zero-order valence-electron chi connectivity index (χ0n) is 7.05. The maximum atomic E-state index is 12.0. The van der Waals surface area contributed by atoms with Gasteiger partial charge in [0.15, 0.2) is 5.60 Å². The summed E-state index contributed by atoms with van der Waals surface area (Å²) in [4.78, 5) is 10.6. The summed E-state index contributed by atoms with van der Waals surface area (Å²) >= 11 is 0. The van der Waals surface area contributed by atoms with E-state index in [1.807, 2.05) is 0 Å². The van der Waals surface area contributed by atoms with Gasteiger partial charge in [-0.05, 0) is 6.92 Å². The predicted octanol–water partition coefficient (Wildman–Crippen LogP) is -0.200. The van der Waals surface area contributed by atoms with Crippen molar-refractivity contribution < 1.29 is 27.8 Å². The van der Waals surface area contributed by atoms with Gasteiger partial charge in [0.25, 0.3) is 0 Å². The number of esters is 1. The fourth-order valence-corrected chi connectivity index (χ4v) is 0.533. The van der Waals surface area contributed by atoms with E-state index in [4.69, 9.17) is 10.8 Å². The molecule has 0 aliphatic carbocycles. The summed E-state index contributed by atoms with van der Waals surface area (Å²) in [6.07, 6.45) is -4.97. The number of hydrogen-bond acceptors (Lipinski definition) is 4. The number of methoxy groups -OCH3 is 1. The molecule has 0 aromatic carbocycles. The monoisotopic (exact) mass is 201 g/mol. The third-order valence-electron chi connectivity index (χ3n) is 1.63. The highest BCUT2D eigenvalue weighted by molar-refractivity contribution is 5.77. The number of halogens is 3. The standard InChI is InChI=1S/C6H10F3NO3/c1-5(12,6(7,8)9)3(10)4(11)13-2/h3,12H,10H2,1-2H3/t3-,5+/m1/s1. The molecule has 0 spiro atoms. The number of ether oxygens (including phenoxy) is 1. The van der Waals surface area contributed by atoms with Gasteiger partial charge in [-0.3, -0.25) is 4.79 Å². The van der Waals surface area contributed by atoms with Gasteiger partial charge in [-0.1, -0.05) is 0 Å². The molecule has 4 nitrogen and oxygen atoms in total. The molecule has 0 rings (SSSR count). The second kappa shape index (κ2) is 3.51. The minimum atomic E-state index is -4.97. The Morgan fingerprint density at radius 3 is 2.15 bits per heavy atom. The van der Waals surface area contributed by atoms with Crippen molar-refractivity contribution in [3.05, 3.63) is 0 Å². The molecule has 0 radical (unpaired) electrons. The first kappa shape index (κ1) is 12.2. The summed E-state index contributed by atoms with van der Waals surface area (Å²) in [5.74, 6) is -1.32. The Hall–Kier alpha value is -0.820. The van der Waals surface area contributed by atoms with Crippen LogP contribution >= 0.6 is 0 Å². The number of nitrogens with two attached hydrogens (primary N) is 1. The van der Waals surface area contributed by atoms with E-state index in [9.17, 15) is 18.0 Å². The van der Waals surface area contributed by atoms with Crippen LogP contribution in [0.1, 0.15) is 6.92 Å². The molecule has 0 aromatic heterocycles. The summed E-state index contributed by atoms with van der Waals surface area (Å²) in [6, 6.07) is -2.14. The molecule has 0 saturated heterocycles. The molecule has 7 heteroatoms. The first-order valence-corrected chi connectivity index (χ1v) is 3.27. The lowest BCUT2D eigenvalue weighted by Gasteiger charge is -2.29. The predicted molar refractivity (Wildman–Crippen MR) is 36.7 cm³/mol. The van der Waals surface area contributed by atoms with Crippen LogP contribution in [0.4, 0.5) is 13.2 Å². The van der Waals surface area contributed by atoms with Crippen molar-refractivity contribution >= 4 is 5.97 Å². The highest BCUT2D eigenvalue weighted by Gasteiger charge is 2.56. The lowest BCUT2D eigenvalue weighted by atomic mass is 9.97. The highest BCUT2D eigenvalue weighted by atomic mass is 19.4. The molecule has 78 valence electrons. The SMILES string of the molecule is COC(=O)[C@@H](N)[C@](C)(O)C(F)(F)F. The largest absolute Gasteiger partial charge is 0.468 e. The van der Waals surface area contributed by atoms with E-state index in [0.717, 1.165) is 7.11 Å². The Morgan fingerprint density at radius 1 is 1.54 bits per heavy atom. The van der Waals surface area contributed by atoms with Gasteiger partial charge in [0, 0.05) is 0 Å². The van der Waals surface area contributed by atoms with Crippen LogP contribution in [0.15, 0.2) is 0 Å². The van der Waals surface area contributed by atoms with Crippen molar-refractivity contribution in [1.82, 2.24) is 0 Å². The molecule has 13 heavy (non-hydrogen) atoms. The summed E-state index contributed by atoms with van der Waals surface area (Å²) < 4.78 is 40.1. The van der Waals surface area contributed by atoms with Crippen molar-refractivity contribution in [2.24, 2.45) is 5.73 Å². The minimum Gasteiger partial charge on any atom is -0.468 e. The van der Waals surface area contributed by atoms with Crippen LogP contribution in [-0.2, 0) is 9.53 Å². The second-order valence-electron chi connectivity index (χ2n) is 2.65. The van der Waals surface area contributed by atoms with E-state index in [1.54, 1.807) is 0 Å². The molecule has 0 unspecified atom stereocenters. The van der Waals surface area contributed by atoms with Gasteiger partial charge in [0.05, 0.1) is 7.11 Å². The molecule has 0 heterocycles. The van der Waals surface area contributed by atoms with E-state index in [0.29, 0.717) is 6.92 Å². The summed E-state index contributed by atoms with van der Waals surface area (Å²) in [7, 11) is 0.884. The number of hydrogen-bond donors (Lipinski definition) is 2. The Bertz CT molecular complexity index is 202. The Labute approximate surface area is 72.5 Å². The zero-order valence-corrected chi connectivity index (χ0v) is 7.05. The topological polar surface area (TPSA) is 72.5 Å². The maximum absolute atomic E-state index is 12.0. The molecule has 0 amide bonds. The van der Waals surface area contributed by atoms with E-state index in [2.05, 4.69) is 4.74 Å². The Balaban J connectivity index is 4.74. The average molecular weight is 201 g/mol. The smallest absolute Gasteiger partial charge is 0.419 e. The van der Waals surface area contributed by atoms with Crippen molar-refractivity contribution in [3.63, 3.8) is 0 Å². The first-order valence-electron chi connectivity index (χ1n) is 3.27. The summed E-state index contributed by atoms with van der Waals surface area (Å²) in [5, 5.41) is 8.87. The molecule has 0 saturated carbocycles. The quantitative estimate of drug-likeness (QED) is 0.607. The van der Waals surface area contributed by atoms with Crippen LogP contribution in [0, 0.1) is 0 Å². The van der Waals surface area contributed by atoms with Gasteiger partial charge in [-0.15, -0.1) is 0 Å². The normalized spacial score (nSPS) is 19.0. The third-order valence-corrected chi connectivity index (χ3v) is 1.63. The molecule has 0 aliphatic heterocycles. The molecule has 0 fully saturated rings. The molecular weight excluding hydrogens is 191 g/mol. The third kappa shape index (κ3) is 2.31. The van der Waals surface area contributed by atoms with Crippen LogP contribution in [0.5, 0.6) is 0 Å². The first-order chi connectivity index (χ1) is 5.64. The van der Waals surface area contributed by atoms with Crippen molar-refractivity contribution in [3.8, 4) is 0 Å². The van der Waals surface area contributed by atoms with Crippen LogP contribution in [-0.4, -0.2) is 36.0 Å². The highest BCUT2D eigenvalue weighted by Crippen LogP contribution is 2.32. The van der Waals surface area contributed by atoms with Gasteiger partial charge in [-0.2, -0.15) is 13.2 Å². The molecule has 0 aromatic rings. The molecule has 0 bridgehead atoms. The average Bonchev–Trinajstić information content (AvgIpc) is 1.99. The summed E-state index contributed by atoms with van der Waals surface area (Å²) in [5.41, 5.74) is 1.57. The molecule has 3 N–H and O–H groups in total. The Morgan fingerprint density at radius 2 is 1.92 bits per heavy atom. The van der Waals surface area contributed by atoms with Crippen molar-refractivity contribution in [2.75, 3.05) is 7.11 Å². The molecular formula is C6H10F3NO3. The number of rotatable bonds is 2. The fraction of sp³-hybridized carbons (Fsp3) is 0.833. The van der Waals surface area contributed by atoms with Crippen LogP contribution in [0.2, 0.25) is 0 Å². The number of aliphatic hydroxyl groups is 1. The van der Waals surface area contributed by atoms with E-state index in [1.165, 1.54) is 0 Å². The van der Waals surface area contributed by atoms with E-state index in [-0.39, 0.29) is 0 Å². The van der Waals surface area contributed by atoms with Gasteiger partial charge in [-0.25, -0.2) is 0 Å². The van der Waals surface area contributed by atoms with Gasteiger partial charge < -0.3 is 15.6 Å². The number of alkyl halides is 3. The van der Waals surface area contributed by atoms with Crippen molar-refractivity contribution in [1.29, 1.82) is 0 Å². The van der Waals surface area contributed by atoms with Crippen LogP contribution in [0.3, 0.4) is 0 Å². The Kier molecular flexibility index (Phi) is 3.28. The minimum absolute atomic E-state index is 0.411. The molecule has 2 atom stereocenters. The fourth-order valence-electron chi connectivity index (χ4n) is 0.533. The number of carbonyl (C=O) groups is 1. The zero-order chi connectivity index (χ0) is 10.9. The van der Waals surface area contributed by atoms with Gasteiger partial charge in [0.1, 0.15) is 6.04 Å². The lowest BCUT2D eigenvalue weighted by molar-refractivity contribution is -0.260. The van der Waals surface area contributed by atoms with E-state index < -0.39 is 23.8 Å². The van der Waals surface area contributed by atoms with Crippen LogP contribution in [0.25, 0.3) is 0 Å². The molecule has 0 aliphatic rings. The van der Waals surface area contributed by atoms with Crippen molar-refractivity contribution in [2.45, 2.75) is 24.7 Å². The lowest BCUT2D eigenvalue weighted by Crippen LogP contribution is -2.59. The maximum Gasteiger partial charge on any atom is 0.419 e. The van der Waals surface area contributed by atoms with E-state index >= 15 is 0 Å². The number of carbonyl (C=O) groups excluding carboxylic acids is 1. The summed E-state index contributed by atoms with van der Waals surface area (Å²) in [6.45, 7) is 0.411. The van der Waals surface area contributed by atoms with Gasteiger partial charge in [0.2, 0.25) is 0 Å². The van der Waals surface area contributed by atoms with Gasteiger partial charge >= 0.3 is 12.1 Å². The van der Waals surface area contributed by atoms with Crippen LogP contribution < -0.4 is 5.73 Å².